The van der Waals surface area contributed by atoms with Gasteiger partial charge in [0.1, 0.15) is 24.4 Å². The number of fused-ring (bicyclic) bond motifs is 3. The Morgan fingerprint density at radius 2 is 1.85 bits per heavy atom. The molecule has 2 bridgehead atoms. The molecule has 6 N–H and O–H groups in total. The molecule has 0 aliphatic carbocycles. The molecule has 3 aliphatic rings. The molecule has 17 nitrogen and oxygen atoms in total. The Kier molecular flexibility index (Phi) is 8.29. The first-order chi connectivity index (χ1) is 18.7. The molecular weight excluding hydrogens is 598 g/mol. The zero-order chi connectivity index (χ0) is 29.0. The van der Waals surface area contributed by atoms with E-state index in [0.717, 1.165) is 25.7 Å². The second kappa shape index (κ2) is 11.2. The zero-order valence-corrected chi connectivity index (χ0v) is 23.6. The van der Waals surface area contributed by atoms with Crippen molar-refractivity contribution >= 4 is 49.9 Å². The fourth-order valence-corrected chi connectivity index (χ4v) is 8.19. The van der Waals surface area contributed by atoms with E-state index in [9.17, 15) is 29.0 Å². The average Bonchev–Trinajstić information content (AvgIpc) is 3.42. The number of anilines is 1. The summed E-state index contributed by atoms with van der Waals surface area (Å²) in [7, 11) is -7.51. The SMILES string of the molecule is CN1[C@@H]2CC[C@H]1CC(OC(=O)Nc1nc(Cl)nc3c1ncn3C1OC(COP(=O)(O)CP(=O)(O)O)C(O)C1O)C2. The molecule has 0 aromatic carbocycles. The molecule has 3 saturated heterocycles. The van der Waals surface area contributed by atoms with Crippen LogP contribution in [0.15, 0.2) is 6.33 Å². The number of nitrogens with zero attached hydrogens (tertiary/aromatic N) is 5. The van der Waals surface area contributed by atoms with Crippen molar-refractivity contribution in [3.63, 3.8) is 0 Å². The van der Waals surface area contributed by atoms with Crippen LogP contribution in [-0.4, -0.2) is 111 Å². The molecule has 222 valence electrons. The number of aromatic nitrogens is 4. The van der Waals surface area contributed by atoms with Crippen molar-refractivity contribution in [3.05, 3.63) is 11.6 Å². The third kappa shape index (κ3) is 6.35. The van der Waals surface area contributed by atoms with Crippen LogP contribution in [0.1, 0.15) is 31.9 Å². The number of carbonyl (C=O) groups is 1. The standard InChI is InChI=1S/C20H29ClN6O11P2/c1-26-9-2-3-10(26)5-11(4-9)37-20(30)24-16-13-17(25-19(21)23-16)27(7-22-13)18-15(29)14(28)12(38-18)6-36-40(34,35)8-39(31,32)33/h7,9-12,14-15,18,28-29H,2-6,8H2,1H3,(H,34,35)(H2,31,32,33)(H,23,24,25,30)/t9-,10+,11?,12?,14?,15?,18?. The van der Waals surface area contributed by atoms with Gasteiger partial charge in [0.2, 0.25) is 5.28 Å². The van der Waals surface area contributed by atoms with Gasteiger partial charge in [-0.2, -0.15) is 9.97 Å². The summed E-state index contributed by atoms with van der Waals surface area (Å²) in [4.78, 5) is 54.9. The van der Waals surface area contributed by atoms with Gasteiger partial charge in [0.15, 0.2) is 29.1 Å². The second-order valence-electron chi connectivity index (χ2n) is 10.1. The number of amides is 1. The average molecular weight is 627 g/mol. The summed E-state index contributed by atoms with van der Waals surface area (Å²) >= 11 is 6.09. The smallest absolute Gasteiger partial charge is 0.413 e. The van der Waals surface area contributed by atoms with Crippen LogP contribution in [0, 0.1) is 0 Å². The first-order valence-electron chi connectivity index (χ1n) is 12.3. The first kappa shape index (κ1) is 29.7. The minimum absolute atomic E-state index is 0.0276. The molecule has 40 heavy (non-hydrogen) atoms. The number of aliphatic hydroxyl groups excluding tert-OH is 2. The molecule has 2 aromatic heterocycles. The molecule has 20 heteroatoms. The van der Waals surface area contributed by atoms with Gasteiger partial charge in [-0.25, -0.2) is 9.78 Å². The van der Waals surface area contributed by atoms with Gasteiger partial charge in [0, 0.05) is 24.9 Å². The van der Waals surface area contributed by atoms with E-state index in [4.69, 9.17) is 35.4 Å². The summed E-state index contributed by atoms with van der Waals surface area (Å²) in [5.41, 5.74) is 0.107. The molecule has 1 amide bonds. The van der Waals surface area contributed by atoms with E-state index in [1.807, 2.05) is 0 Å². The molecule has 0 saturated carbocycles. The predicted molar refractivity (Wildman–Crippen MR) is 137 cm³/mol. The maximum atomic E-state index is 12.7. The Hall–Kier alpha value is -1.75. The third-order valence-corrected chi connectivity index (χ3v) is 11.0. The quantitative estimate of drug-likeness (QED) is 0.174. The Morgan fingerprint density at radius 1 is 1.18 bits per heavy atom. The van der Waals surface area contributed by atoms with Crippen molar-refractivity contribution < 1.29 is 52.8 Å². The van der Waals surface area contributed by atoms with E-state index in [1.165, 1.54) is 10.9 Å². The number of nitrogens with one attached hydrogen (secondary N) is 1. The number of ether oxygens (including phenoxy) is 2. The Labute approximate surface area is 232 Å². The van der Waals surface area contributed by atoms with Gasteiger partial charge in [-0.3, -0.25) is 19.0 Å². The molecule has 3 aliphatic heterocycles. The lowest BCUT2D eigenvalue weighted by atomic mass is 10.0. The number of aliphatic hydroxyl groups is 2. The number of hydrogen-bond acceptors (Lipinski definition) is 12. The number of piperidine rings is 1. The van der Waals surface area contributed by atoms with Crippen molar-refractivity contribution in [1.82, 2.24) is 24.4 Å². The Bertz CT molecular complexity index is 1360. The molecule has 0 spiro atoms. The summed E-state index contributed by atoms with van der Waals surface area (Å²) in [6.07, 6.45) is -2.11. The van der Waals surface area contributed by atoms with E-state index in [0.29, 0.717) is 12.1 Å². The van der Waals surface area contributed by atoms with Gasteiger partial charge in [-0.15, -0.1) is 0 Å². The monoisotopic (exact) mass is 626 g/mol. The van der Waals surface area contributed by atoms with E-state index in [1.54, 1.807) is 0 Å². The zero-order valence-electron chi connectivity index (χ0n) is 21.1. The van der Waals surface area contributed by atoms with Crippen LogP contribution < -0.4 is 5.32 Å². The number of hydrogen-bond donors (Lipinski definition) is 6. The highest BCUT2D eigenvalue weighted by Crippen LogP contribution is 2.55. The summed E-state index contributed by atoms with van der Waals surface area (Å²) < 4.78 is 40.2. The van der Waals surface area contributed by atoms with E-state index in [-0.39, 0.29) is 28.4 Å². The van der Waals surface area contributed by atoms with Crippen LogP contribution in [0.4, 0.5) is 10.6 Å². The molecule has 8 atom stereocenters. The van der Waals surface area contributed by atoms with Gasteiger partial charge >= 0.3 is 21.3 Å². The normalized spacial score (nSPS) is 32.3. The third-order valence-electron chi connectivity index (χ3n) is 7.36. The topological polar surface area (TPSA) is 239 Å². The van der Waals surface area contributed by atoms with Crippen LogP contribution in [0.25, 0.3) is 11.2 Å². The predicted octanol–water partition coefficient (Wildman–Crippen LogP) is 0.610. The van der Waals surface area contributed by atoms with E-state index >= 15 is 0 Å². The molecular formula is C20H29ClN6O11P2. The van der Waals surface area contributed by atoms with E-state index in [2.05, 4.69) is 32.2 Å². The minimum Gasteiger partial charge on any atom is -0.446 e. The van der Waals surface area contributed by atoms with Gasteiger partial charge in [-0.05, 0) is 31.5 Å². The van der Waals surface area contributed by atoms with Gasteiger partial charge in [0.05, 0.1) is 12.9 Å². The fraction of sp³-hybridized carbons (Fsp3) is 0.700. The van der Waals surface area contributed by atoms with Crippen molar-refractivity contribution in [1.29, 1.82) is 0 Å². The highest BCUT2D eigenvalue weighted by atomic mass is 35.5. The highest BCUT2D eigenvalue weighted by molar-refractivity contribution is 7.70. The van der Waals surface area contributed by atoms with Crippen molar-refractivity contribution in [3.8, 4) is 0 Å². The number of halogens is 1. The van der Waals surface area contributed by atoms with Crippen molar-refractivity contribution in [2.45, 2.75) is 68.4 Å². The van der Waals surface area contributed by atoms with Crippen LogP contribution in [0.3, 0.4) is 0 Å². The largest absolute Gasteiger partial charge is 0.446 e. The van der Waals surface area contributed by atoms with Crippen molar-refractivity contribution in [2.75, 3.05) is 24.9 Å². The maximum absolute atomic E-state index is 12.7. The van der Waals surface area contributed by atoms with Crippen LogP contribution in [0.5, 0.6) is 0 Å². The van der Waals surface area contributed by atoms with Crippen molar-refractivity contribution in [2.24, 2.45) is 0 Å². The first-order valence-corrected chi connectivity index (χ1v) is 16.3. The molecule has 5 rings (SSSR count). The van der Waals surface area contributed by atoms with Gasteiger partial charge in [-0.1, -0.05) is 0 Å². The molecule has 3 fully saturated rings. The number of imidazole rings is 1. The fourth-order valence-electron chi connectivity index (χ4n) is 5.46. The number of rotatable bonds is 8. The Morgan fingerprint density at radius 3 is 2.50 bits per heavy atom. The number of carbonyl (C=O) groups excluding carboxylic acids is 1. The van der Waals surface area contributed by atoms with Crippen LogP contribution in [-0.2, 0) is 23.1 Å². The molecule has 0 radical (unpaired) electrons. The lowest BCUT2D eigenvalue weighted by Gasteiger charge is -2.35. The van der Waals surface area contributed by atoms with E-state index < -0.39 is 58.3 Å². The summed E-state index contributed by atoms with van der Waals surface area (Å²) in [5.74, 6) is -1.48. The van der Waals surface area contributed by atoms with Crippen LogP contribution in [0.2, 0.25) is 5.28 Å². The molecule has 6 unspecified atom stereocenters. The summed E-state index contributed by atoms with van der Waals surface area (Å²) in [6, 6.07) is 0.732. The highest BCUT2D eigenvalue weighted by Gasteiger charge is 2.46. The maximum Gasteiger partial charge on any atom is 0.413 e. The van der Waals surface area contributed by atoms with Crippen LogP contribution >= 0.6 is 26.8 Å². The van der Waals surface area contributed by atoms with Gasteiger partial charge in [0.25, 0.3) is 0 Å². The molecule has 5 heterocycles. The molecule has 2 aromatic rings. The summed E-state index contributed by atoms with van der Waals surface area (Å²) in [6.45, 7) is -0.762. The Balaban J connectivity index is 1.28. The van der Waals surface area contributed by atoms with Gasteiger partial charge < -0.3 is 43.8 Å². The minimum atomic E-state index is -4.86. The summed E-state index contributed by atoms with van der Waals surface area (Å²) in [5, 5.41) is 23.3. The second-order valence-corrected chi connectivity index (χ2v) is 14.5. The lowest BCUT2D eigenvalue weighted by Crippen LogP contribution is -2.43. The lowest BCUT2D eigenvalue weighted by molar-refractivity contribution is -0.0483.